The number of amides is 1. The monoisotopic (exact) mass is 240 g/mol. The number of carboxylic acid groups (broad SMARTS) is 1. The van der Waals surface area contributed by atoms with Gasteiger partial charge in [-0.05, 0) is 32.1 Å². The molecule has 0 aromatic carbocycles. The summed E-state index contributed by atoms with van der Waals surface area (Å²) in [5.41, 5.74) is 1.43. The van der Waals surface area contributed by atoms with Gasteiger partial charge in [-0.2, -0.15) is 0 Å². The Morgan fingerprint density at radius 1 is 1.29 bits per heavy atom. The maximum Gasteiger partial charge on any atom is 0.317 e. The van der Waals surface area contributed by atoms with Crippen molar-refractivity contribution in [3.8, 4) is 0 Å². The highest BCUT2D eigenvalue weighted by Crippen LogP contribution is 2.19. The highest BCUT2D eigenvalue weighted by atomic mass is 16.4. The van der Waals surface area contributed by atoms with Crippen molar-refractivity contribution < 1.29 is 14.7 Å². The SMILES string of the molecule is O=C(O)CNCC(=O)NCCC1=CCCCC1. The van der Waals surface area contributed by atoms with Crippen LogP contribution in [0.4, 0.5) is 0 Å². The maximum absolute atomic E-state index is 11.3. The van der Waals surface area contributed by atoms with Crippen molar-refractivity contribution in [2.75, 3.05) is 19.6 Å². The first-order valence-corrected chi connectivity index (χ1v) is 6.05. The molecule has 0 saturated heterocycles. The van der Waals surface area contributed by atoms with Gasteiger partial charge in [-0.3, -0.25) is 14.9 Å². The Balaban J connectivity index is 2.03. The summed E-state index contributed by atoms with van der Waals surface area (Å²) in [4.78, 5) is 21.5. The average molecular weight is 240 g/mol. The molecule has 1 aliphatic carbocycles. The maximum atomic E-state index is 11.3. The van der Waals surface area contributed by atoms with Crippen molar-refractivity contribution in [1.29, 1.82) is 0 Å². The van der Waals surface area contributed by atoms with Gasteiger partial charge in [-0.1, -0.05) is 11.6 Å². The van der Waals surface area contributed by atoms with Crippen LogP contribution in [0.5, 0.6) is 0 Å². The van der Waals surface area contributed by atoms with Gasteiger partial charge in [0.1, 0.15) is 0 Å². The van der Waals surface area contributed by atoms with Crippen LogP contribution in [0, 0.1) is 0 Å². The first-order valence-electron chi connectivity index (χ1n) is 6.05. The minimum absolute atomic E-state index is 0.0609. The van der Waals surface area contributed by atoms with Crippen LogP contribution in [0.15, 0.2) is 11.6 Å². The lowest BCUT2D eigenvalue weighted by Gasteiger charge is -2.12. The normalized spacial score (nSPS) is 15.2. The van der Waals surface area contributed by atoms with Crippen molar-refractivity contribution >= 4 is 11.9 Å². The summed E-state index contributed by atoms with van der Waals surface area (Å²) in [6.07, 6.45) is 7.99. The van der Waals surface area contributed by atoms with E-state index in [0.29, 0.717) is 6.54 Å². The molecule has 1 amide bonds. The number of nitrogens with one attached hydrogen (secondary N) is 2. The van der Waals surface area contributed by atoms with Crippen molar-refractivity contribution in [2.45, 2.75) is 32.1 Å². The molecule has 1 rings (SSSR count). The minimum atomic E-state index is -0.954. The molecule has 0 spiro atoms. The van der Waals surface area contributed by atoms with Gasteiger partial charge < -0.3 is 10.4 Å². The van der Waals surface area contributed by atoms with Crippen LogP contribution in [0.2, 0.25) is 0 Å². The first-order chi connectivity index (χ1) is 8.18. The summed E-state index contributed by atoms with van der Waals surface area (Å²) in [5, 5.41) is 13.7. The summed E-state index contributed by atoms with van der Waals surface area (Å²) >= 11 is 0. The Labute approximate surface area is 101 Å². The van der Waals surface area contributed by atoms with Crippen LogP contribution in [-0.4, -0.2) is 36.6 Å². The zero-order valence-electron chi connectivity index (χ0n) is 10.00. The third kappa shape index (κ3) is 6.73. The van der Waals surface area contributed by atoms with Crippen LogP contribution < -0.4 is 10.6 Å². The molecule has 17 heavy (non-hydrogen) atoms. The number of hydrogen-bond acceptors (Lipinski definition) is 3. The predicted octanol–water partition coefficient (Wildman–Crippen LogP) is 0.667. The molecule has 0 bridgehead atoms. The highest BCUT2D eigenvalue weighted by molar-refractivity contribution is 5.78. The number of allylic oxidation sites excluding steroid dienone is 1. The van der Waals surface area contributed by atoms with E-state index in [9.17, 15) is 9.59 Å². The quantitative estimate of drug-likeness (QED) is 0.571. The van der Waals surface area contributed by atoms with Crippen LogP contribution in [-0.2, 0) is 9.59 Å². The van der Waals surface area contributed by atoms with E-state index >= 15 is 0 Å². The second-order valence-electron chi connectivity index (χ2n) is 4.21. The Bertz CT molecular complexity index is 300. The third-order valence-corrected chi connectivity index (χ3v) is 2.72. The van der Waals surface area contributed by atoms with E-state index in [1.165, 1.54) is 18.4 Å². The van der Waals surface area contributed by atoms with E-state index in [1.807, 2.05) is 0 Å². The van der Waals surface area contributed by atoms with Crippen LogP contribution in [0.1, 0.15) is 32.1 Å². The molecule has 0 saturated carbocycles. The second kappa shape index (κ2) is 7.84. The fraction of sp³-hybridized carbons (Fsp3) is 0.667. The zero-order chi connectivity index (χ0) is 12.5. The molecule has 3 N–H and O–H groups in total. The number of carboxylic acids is 1. The smallest absolute Gasteiger partial charge is 0.317 e. The molecular weight excluding hydrogens is 220 g/mol. The van der Waals surface area contributed by atoms with E-state index in [2.05, 4.69) is 16.7 Å². The number of carbonyl (C=O) groups is 2. The molecule has 0 radical (unpaired) electrons. The van der Waals surface area contributed by atoms with Crippen molar-refractivity contribution in [2.24, 2.45) is 0 Å². The van der Waals surface area contributed by atoms with E-state index in [4.69, 9.17) is 5.11 Å². The van der Waals surface area contributed by atoms with E-state index in [0.717, 1.165) is 19.3 Å². The molecule has 0 aliphatic heterocycles. The summed E-state index contributed by atoms with van der Waals surface area (Å²) in [6.45, 7) is 0.517. The molecule has 5 heteroatoms. The Hall–Kier alpha value is -1.36. The van der Waals surface area contributed by atoms with Crippen LogP contribution >= 0.6 is 0 Å². The molecule has 5 nitrogen and oxygen atoms in total. The van der Waals surface area contributed by atoms with Gasteiger partial charge >= 0.3 is 5.97 Å². The molecule has 96 valence electrons. The van der Waals surface area contributed by atoms with E-state index in [1.54, 1.807) is 0 Å². The molecule has 0 heterocycles. The molecule has 0 unspecified atom stereocenters. The zero-order valence-corrected chi connectivity index (χ0v) is 10.00. The number of aliphatic carboxylic acids is 1. The van der Waals surface area contributed by atoms with Crippen molar-refractivity contribution in [1.82, 2.24) is 10.6 Å². The number of carbonyl (C=O) groups excluding carboxylic acids is 1. The van der Waals surface area contributed by atoms with E-state index in [-0.39, 0.29) is 19.0 Å². The Kier molecular flexibility index (Phi) is 6.32. The van der Waals surface area contributed by atoms with Gasteiger partial charge in [0.2, 0.25) is 5.91 Å². The first kappa shape index (κ1) is 13.7. The standard InChI is InChI=1S/C12H20N2O3/c15-11(8-13-9-12(16)17)14-7-6-10-4-2-1-3-5-10/h4,13H,1-3,5-9H2,(H,14,15)(H,16,17). The van der Waals surface area contributed by atoms with Gasteiger partial charge in [0.05, 0.1) is 13.1 Å². The lowest BCUT2D eigenvalue weighted by Crippen LogP contribution is -2.36. The number of rotatable bonds is 7. The van der Waals surface area contributed by atoms with Crippen molar-refractivity contribution in [3.63, 3.8) is 0 Å². The highest BCUT2D eigenvalue weighted by Gasteiger charge is 2.05. The lowest BCUT2D eigenvalue weighted by molar-refractivity contribution is -0.136. The van der Waals surface area contributed by atoms with Gasteiger partial charge in [0, 0.05) is 6.54 Å². The average Bonchev–Trinajstić information content (AvgIpc) is 2.30. The van der Waals surface area contributed by atoms with Crippen molar-refractivity contribution in [3.05, 3.63) is 11.6 Å². The van der Waals surface area contributed by atoms with Gasteiger partial charge in [-0.25, -0.2) is 0 Å². The summed E-state index contributed by atoms with van der Waals surface area (Å²) < 4.78 is 0. The van der Waals surface area contributed by atoms with Gasteiger partial charge in [-0.15, -0.1) is 0 Å². The third-order valence-electron chi connectivity index (χ3n) is 2.72. The molecule has 0 fully saturated rings. The van der Waals surface area contributed by atoms with Crippen LogP contribution in [0.25, 0.3) is 0 Å². The molecule has 0 aromatic rings. The molecule has 0 atom stereocenters. The fourth-order valence-corrected chi connectivity index (χ4v) is 1.84. The van der Waals surface area contributed by atoms with Gasteiger partial charge in [0.25, 0.3) is 0 Å². The van der Waals surface area contributed by atoms with Gasteiger partial charge in [0.15, 0.2) is 0 Å². The Morgan fingerprint density at radius 2 is 2.12 bits per heavy atom. The topological polar surface area (TPSA) is 78.4 Å². The molecule has 0 aromatic heterocycles. The lowest BCUT2D eigenvalue weighted by atomic mass is 9.97. The Morgan fingerprint density at radius 3 is 2.76 bits per heavy atom. The summed E-state index contributed by atoms with van der Waals surface area (Å²) in [6, 6.07) is 0. The fourth-order valence-electron chi connectivity index (χ4n) is 1.84. The predicted molar refractivity (Wildman–Crippen MR) is 64.7 cm³/mol. The van der Waals surface area contributed by atoms with Crippen LogP contribution in [0.3, 0.4) is 0 Å². The summed E-state index contributed by atoms with van der Waals surface area (Å²) in [5.74, 6) is -1.10. The number of hydrogen-bond donors (Lipinski definition) is 3. The van der Waals surface area contributed by atoms with E-state index < -0.39 is 5.97 Å². The minimum Gasteiger partial charge on any atom is -0.480 e. The second-order valence-corrected chi connectivity index (χ2v) is 4.21. The largest absolute Gasteiger partial charge is 0.480 e. The molecule has 1 aliphatic rings. The molecular formula is C12H20N2O3. The summed E-state index contributed by atoms with van der Waals surface area (Å²) in [7, 11) is 0.